The first-order valence-electron chi connectivity index (χ1n) is 13.5. The maximum atomic E-state index is 13.2. The molecule has 2 N–H and O–H groups in total. The molecule has 3 aromatic carbocycles. The SMILES string of the molecule is Cc1ccc(C(=O)Nc2cccc3c2CCC3)cc1-c1ccc2nc(NCCN3CCOCC3)ncc2c1. The molecule has 0 radical (unpaired) electrons. The molecule has 2 aliphatic rings. The highest BCUT2D eigenvalue weighted by Gasteiger charge is 2.17. The van der Waals surface area contributed by atoms with Gasteiger partial charge in [0.25, 0.3) is 5.91 Å². The van der Waals surface area contributed by atoms with Gasteiger partial charge >= 0.3 is 0 Å². The average Bonchev–Trinajstić information content (AvgIpc) is 3.44. The Balaban J connectivity index is 1.18. The molecule has 0 spiro atoms. The number of aromatic nitrogens is 2. The maximum absolute atomic E-state index is 13.2. The van der Waals surface area contributed by atoms with Crippen molar-refractivity contribution in [2.45, 2.75) is 26.2 Å². The molecule has 6 rings (SSSR count). The molecule has 0 atom stereocenters. The fourth-order valence-electron chi connectivity index (χ4n) is 5.44. The number of aryl methyl sites for hydroxylation is 2. The third-order valence-electron chi connectivity index (χ3n) is 7.60. The summed E-state index contributed by atoms with van der Waals surface area (Å²) >= 11 is 0. The summed E-state index contributed by atoms with van der Waals surface area (Å²) in [6.07, 6.45) is 5.12. The molecule has 1 aliphatic heterocycles. The van der Waals surface area contributed by atoms with Crippen molar-refractivity contribution >= 4 is 28.4 Å². The standard InChI is InChI=1S/C31H33N5O2/c1-21-8-9-24(30(37)34-29-7-3-5-22-4-2-6-26(22)29)19-27(21)23-10-11-28-25(18-23)20-33-31(35-28)32-12-13-36-14-16-38-17-15-36/h3,5,7-11,18-20H,2,4,6,12-17H2,1H3,(H,34,37)(H,32,33,35). The second kappa shape index (κ2) is 10.9. The van der Waals surface area contributed by atoms with E-state index in [0.29, 0.717) is 11.5 Å². The molecule has 2 heterocycles. The summed E-state index contributed by atoms with van der Waals surface area (Å²) in [4.78, 5) is 24.8. The van der Waals surface area contributed by atoms with Crippen LogP contribution in [0.4, 0.5) is 11.6 Å². The zero-order valence-electron chi connectivity index (χ0n) is 21.8. The number of carbonyl (C=O) groups excluding carboxylic acids is 1. The molecule has 38 heavy (non-hydrogen) atoms. The molecule has 1 amide bonds. The zero-order chi connectivity index (χ0) is 25.9. The Bertz CT molecular complexity index is 1480. The predicted octanol–water partition coefficient (Wildman–Crippen LogP) is 5.09. The molecule has 7 nitrogen and oxygen atoms in total. The lowest BCUT2D eigenvalue weighted by atomic mass is 9.96. The van der Waals surface area contributed by atoms with Crippen LogP contribution >= 0.6 is 0 Å². The lowest BCUT2D eigenvalue weighted by Gasteiger charge is -2.26. The number of nitrogens with one attached hydrogen (secondary N) is 2. The van der Waals surface area contributed by atoms with Gasteiger partial charge in [-0.1, -0.05) is 24.3 Å². The number of hydrogen-bond donors (Lipinski definition) is 2. The molecule has 0 saturated carbocycles. The highest BCUT2D eigenvalue weighted by atomic mass is 16.5. The summed E-state index contributed by atoms with van der Waals surface area (Å²) in [6, 6.07) is 18.3. The first-order chi connectivity index (χ1) is 18.6. The van der Waals surface area contributed by atoms with Gasteiger partial charge in [-0.2, -0.15) is 0 Å². The van der Waals surface area contributed by atoms with Gasteiger partial charge in [-0.05, 0) is 84.3 Å². The summed E-state index contributed by atoms with van der Waals surface area (Å²) in [5.74, 6) is 0.559. The average molecular weight is 508 g/mol. The number of amides is 1. The smallest absolute Gasteiger partial charge is 0.255 e. The van der Waals surface area contributed by atoms with Crippen LogP contribution in [0, 0.1) is 6.92 Å². The molecule has 1 aliphatic carbocycles. The third kappa shape index (κ3) is 5.26. The Labute approximate surface area is 223 Å². The monoisotopic (exact) mass is 507 g/mol. The second-order valence-electron chi connectivity index (χ2n) is 10.1. The Morgan fingerprint density at radius 2 is 1.95 bits per heavy atom. The van der Waals surface area contributed by atoms with E-state index in [2.05, 4.69) is 45.6 Å². The van der Waals surface area contributed by atoms with Crippen molar-refractivity contribution in [1.82, 2.24) is 14.9 Å². The van der Waals surface area contributed by atoms with E-state index in [1.807, 2.05) is 42.6 Å². The van der Waals surface area contributed by atoms with E-state index < -0.39 is 0 Å². The van der Waals surface area contributed by atoms with Crippen molar-refractivity contribution in [2.75, 3.05) is 50.0 Å². The molecule has 4 aromatic rings. The molecule has 0 unspecified atom stereocenters. The van der Waals surface area contributed by atoms with E-state index in [0.717, 1.165) is 91.9 Å². The van der Waals surface area contributed by atoms with Gasteiger partial charge in [0.05, 0.1) is 18.7 Å². The topological polar surface area (TPSA) is 79.4 Å². The van der Waals surface area contributed by atoms with Crippen molar-refractivity contribution in [1.29, 1.82) is 0 Å². The van der Waals surface area contributed by atoms with Crippen molar-refractivity contribution in [3.8, 4) is 11.1 Å². The minimum atomic E-state index is -0.0801. The molecule has 194 valence electrons. The van der Waals surface area contributed by atoms with Crippen molar-refractivity contribution < 1.29 is 9.53 Å². The fraction of sp³-hybridized carbons (Fsp3) is 0.323. The third-order valence-corrected chi connectivity index (χ3v) is 7.60. The molecule has 7 heteroatoms. The van der Waals surface area contributed by atoms with Crippen LogP contribution in [0.3, 0.4) is 0 Å². The lowest BCUT2D eigenvalue weighted by Crippen LogP contribution is -2.39. The molecule has 1 saturated heterocycles. The molecule has 1 aromatic heterocycles. The van der Waals surface area contributed by atoms with Crippen LogP contribution in [0.2, 0.25) is 0 Å². The van der Waals surface area contributed by atoms with Crippen LogP contribution in [0.1, 0.15) is 33.5 Å². The largest absolute Gasteiger partial charge is 0.379 e. The number of benzene rings is 3. The number of nitrogens with zero attached hydrogens (tertiary/aromatic N) is 3. The van der Waals surface area contributed by atoms with Gasteiger partial charge in [0.2, 0.25) is 5.95 Å². The van der Waals surface area contributed by atoms with E-state index >= 15 is 0 Å². The quantitative estimate of drug-likeness (QED) is 0.363. The first-order valence-corrected chi connectivity index (χ1v) is 13.5. The van der Waals surface area contributed by atoms with E-state index in [9.17, 15) is 4.79 Å². The number of rotatable bonds is 7. The van der Waals surface area contributed by atoms with Crippen LogP contribution in [0.15, 0.2) is 60.8 Å². The minimum absolute atomic E-state index is 0.0801. The Hall–Kier alpha value is -3.81. The van der Waals surface area contributed by atoms with Crippen LogP contribution in [-0.2, 0) is 17.6 Å². The number of anilines is 2. The van der Waals surface area contributed by atoms with Gasteiger partial charge in [-0.3, -0.25) is 9.69 Å². The van der Waals surface area contributed by atoms with Crippen LogP contribution in [0.5, 0.6) is 0 Å². The summed E-state index contributed by atoms with van der Waals surface area (Å²) in [5.41, 5.74) is 8.29. The second-order valence-corrected chi connectivity index (χ2v) is 10.1. The number of morpholine rings is 1. The predicted molar refractivity (Wildman–Crippen MR) is 152 cm³/mol. The highest BCUT2D eigenvalue weighted by Crippen LogP contribution is 2.31. The van der Waals surface area contributed by atoms with Gasteiger partial charge in [0, 0.05) is 49.0 Å². The Morgan fingerprint density at radius 1 is 1.05 bits per heavy atom. The summed E-state index contributed by atoms with van der Waals surface area (Å²) < 4.78 is 5.41. The molecule has 0 bridgehead atoms. The maximum Gasteiger partial charge on any atom is 0.255 e. The Morgan fingerprint density at radius 3 is 2.84 bits per heavy atom. The van der Waals surface area contributed by atoms with Gasteiger partial charge in [-0.15, -0.1) is 0 Å². The van der Waals surface area contributed by atoms with E-state index in [1.54, 1.807) is 0 Å². The van der Waals surface area contributed by atoms with E-state index in [1.165, 1.54) is 11.1 Å². The lowest BCUT2D eigenvalue weighted by molar-refractivity contribution is 0.0398. The molecule has 1 fully saturated rings. The van der Waals surface area contributed by atoms with Crippen molar-refractivity contribution in [3.63, 3.8) is 0 Å². The summed E-state index contributed by atoms with van der Waals surface area (Å²) in [6.45, 7) is 7.36. The molecular weight excluding hydrogens is 474 g/mol. The zero-order valence-corrected chi connectivity index (χ0v) is 21.8. The first kappa shape index (κ1) is 24.5. The van der Waals surface area contributed by atoms with Gasteiger partial charge in [0.1, 0.15) is 0 Å². The number of hydrogen-bond acceptors (Lipinski definition) is 6. The van der Waals surface area contributed by atoms with Crippen LogP contribution in [-0.4, -0.2) is 60.2 Å². The number of fused-ring (bicyclic) bond motifs is 2. The van der Waals surface area contributed by atoms with E-state index in [4.69, 9.17) is 9.72 Å². The Kier molecular flexibility index (Phi) is 7.03. The van der Waals surface area contributed by atoms with Gasteiger partial charge in [0.15, 0.2) is 0 Å². The van der Waals surface area contributed by atoms with Gasteiger partial charge in [-0.25, -0.2) is 9.97 Å². The van der Waals surface area contributed by atoms with Crippen molar-refractivity contribution in [2.24, 2.45) is 0 Å². The summed E-state index contributed by atoms with van der Waals surface area (Å²) in [5, 5.41) is 7.47. The van der Waals surface area contributed by atoms with Crippen LogP contribution in [0.25, 0.3) is 22.0 Å². The van der Waals surface area contributed by atoms with Crippen LogP contribution < -0.4 is 10.6 Å². The van der Waals surface area contributed by atoms with E-state index in [-0.39, 0.29) is 5.91 Å². The number of ether oxygens (including phenoxy) is 1. The normalized spacial score (nSPS) is 15.4. The van der Waals surface area contributed by atoms with Gasteiger partial charge < -0.3 is 15.4 Å². The summed E-state index contributed by atoms with van der Waals surface area (Å²) in [7, 11) is 0. The molecular formula is C31H33N5O2. The number of carbonyl (C=O) groups is 1. The minimum Gasteiger partial charge on any atom is -0.379 e. The fourth-order valence-corrected chi connectivity index (χ4v) is 5.44. The highest BCUT2D eigenvalue weighted by molar-refractivity contribution is 6.05. The van der Waals surface area contributed by atoms with Crippen molar-refractivity contribution in [3.05, 3.63) is 83.0 Å².